The number of carbonyl (C=O) groups is 2. The first-order valence-corrected chi connectivity index (χ1v) is 7.87. The second-order valence-electron chi connectivity index (χ2n) is 5.09. The van der Waals surface area contributed by atoms with Crippen LogP contribution in [0.15, 0.2) is 24.3 Å². The number of hydrogen-bond donors (Lipinski definition) is 1. The molecule has 126 valence electrons. The zero-order valence-electron chi connectivity index (χ0n) is 13.4. The van der Waals surface area contributed by atoms with Crippen molar-refractivity contribution in [3.8, 4) is 0 Å². The number of anilines is 1. The average Bonchev–Trinajstić information content (AvgIpc) is 2.81. The molecule has 1 amide bonds. The van der Waals surface area contributed by atoms with E-state index in [4.69, 9.17) is 4.74 Å². The quantitative estimate of drug-likeness (QED) is 0.508. The van der Waals surface area contributed by atoms with Crippen molar-refractivity contribution >= 4 is 33.9 Å². The minimum Gasteiger partial charge on any atom is -0.465 e. The summed E-state index contributed by atoms with van der Waals surface area (Å²) in [4.78, 5) is 35.5. The SMILES string of the molecule is COC(=O)c1c(NC(=O)Cc2ccccc2[N+](=O)[O-])sc(C)c1C. The molecule has 0 aliphatic heterocycles. The second kappa shape index (κ2) is 7.22. The van der Waals surface area contributed by atoms with Crippen LogP contribution in [-0.2, 0) is 16.0 Å². The Hall–Kier alpha value is -2.74. The van der Waals surface area contributed by atoms with E-state index in [0.717, 1.165) is 10.4 Å². The molecule has 0 unspecified atom stereocenters. The molecular weight excluding hydrogens is 332 g/mol. The smallest absolute Gasteiger partial charge is 0.341 e. The molecule has 0 saturated carbocycles. The first-order valence-electron chi connectivity index (χ1n) is 7.05. The van der Waals surface area contributed by atoms with Crippen LogP contribution in [0.1, 0.15) is 26.4 Å². The lowest BCUT2D eigenvalue weighted by Gasteiger charge is -2.06. The molecule has 1 heterocycles. The molecule has 8 heteroatoms. The number of rotatable bonds is 5. The number of amides is 1. The van der Waals surface area contributed by atoms with Crippen LogP contribution in [0.2, 0.25) is 0 Å². The second-order valence-corrected chi connectivity index (χ2v) is 6.31. The minimum atomic E-state index is -0.530. The van der Waals surface area contributed by atoms with Crippen LogP contribution < -0.4 is 5.32 Å². The maximum Gasteiger partial charge on any atom is 0.341 e. The van der Waals surface area contributed by atoms with Crippen LogP contribution in [0.25, 0.3) is 0 Å². The molecule has 2 rings (SSSR count). The summed E-state index contributed by atoms with van der Waals surface area (Å²) in [6, 6.07) is 6.06. The van der Waals surface area contributed by atoms with Crippen molar-refractivity contribution in [3.05, 3.63) is 55.9 Å². The number of hydrogen-bond acceptors (Lipinski definition) is 6. The van der Waals surface area contributed by atoms with Gasteiger partial charge in [-0.1, -0.05) is 18.2 Å². The van der Waals surface area contributed by atoms with Gasteiger partial charge in [0.05, 0.1) is 24.0 Å². The summed E-state index contributed by atoms with van der Waals surface area (Å²) in [5.41, 5.74) is 1.26. The van der Waals surface area contributed by atoms with Crippen molar-refractivity contribution in [1.82, 2.24) is 0 Å². The summed E-state index contributed by atoms with van der Waals surface area (Å²) < 4.78 is 4.75. The molecule has 0 bridgehead atoms. The summed E-state index contributed by atoms with van der Waals surface area (Å²) >= 11 is 1.27. The van der Waals surface area contributed by atoms with Gasteiger partial charge in [0.1, 0.15) is 5.00 Å². The van der Waals surface area contributed by atoms with Crippen molar-refractivity contribution in [3.63, 3.8) is 0 Å². The van der Waals surface area contributed by atoms with Gasteiger partial charge in [0.25, 0.3) is 5.69 Å². The molecule has 0 fully saturated rings. The zero-order valence-corrected chi connectivity index (χ0v) is 14.2. The predicted molar refractivity (Wildman–Crippen MR) is 90.6 cm³/mol. The monoisotopic (exact) mass is 348 g/mol. The van der Waals surface area contributed by atoms with Gasteiger partial charge in [-0.15, -0.1) is 11.3 Å². The third-order valence-electron chi connectivity index (χ3n) is 3.57. The fourth-order valence-electron chi connectivity index (χ4n) is 2.25. The van der Waals surface area contributed by atoms with Gasteiger partial charge in [-0.25, -0.2) is 4.79 Å². The summed E-state index contributed by atoms with van der Waals surface area (Å²) in [5, 5.41) is 14.1. The van der Waals surface area contributed by atoms with Crippen LogP contribution in [0.3, 0.4) is 0 Å². The van der Waals surface area contributed by atoms with Crippen molar-refractivity contribution < 1.29 is 19.2 Å². The molecule has 1 N–H and O–H groups in total. The Morgan fingerprint density at radius 1 is 1.29 bits per heavy atom. The highest BCUT2D eigenvalue weighted by molar-refractivity contribution is 7.16. The van der Waals surface area contributed by atoms with E-state index in [2.05, 4.69) is 5.32 Å². The molecule has 0 atom stereocenters. The number of aryl methyl sites for hydroxylation is 1. The summed E-state index contributed by atoms with van der Waals surface area (Å²) in [7, 11) is 1.27. The van der Waals surface area contributed by atoms with Gasteiger partial charge in [-0.2, -0.15) is 0 Å². The summed E-state index contributed by atoms with van der Waals surface area (Å²) in [6.07, 6.45) is -0.159. The lowest BCUT2D eigenvalue weighted by Crippen LogP contribution is -2.16. The van der Waals surface area contributed by atoms with E-state index in [1.54, 1.807) is 19.1 Å². The van der Waals surface area contributed by atoms with Gasteiger partial charge >= 0.3 is 5.97 Å². The largest absolute Gasteiger partial charge is 0.465 e. The highest BCUT2D eigenvalue weighted by Crippen LogP contribution is 2.33. The molecular formula is C16H16N2O5S. The number of thiophene rings is 1. The molecule has 7 nitrogen and oxygen atoms in total. The number of benzene rings is 1. The molecule has 24 heavy (non-hydrogen) atoms. The van der Waals surface area contributed by atoms with E-state index in [1.807, 2.05) is 6.92 Å². The van der Waals surface area contributed by atoms with Crippen LogP contribution in [0.4, 0.5) is 10.7 Å². The normalized spacial score (nSPS) is 10.3. The van der Waals surface area contributed by atoms with Crippen LogP contribution >= 0.6 is 11.3 Å². The molecule has 1 aromatic heterocycles. The van der Waals surface area contributed by atoms with Crippen molar-refractivity contribution in [2.75, 3.05) is 12.4 Å². The highest BCUT2D eigenvalue weighted by atomic mass is 32.1. The van der Waals surface area contributed by atoms with Gasteiger partial charge in [0.2, 0.25) is 5.91 Å². The standard InChI is InChI=1S/C16H16N2O5S/c1-9-10(2)24-15(14(9)16(20)23-3)17-13(19)8-11-6-4-5-7-12(11)18(21)22/h4-7H,8H2,1-3H3,(H,17,19). The predicted octanol–water partition coefficient (Wildman–Crippen LogP) is 3.24. The Kier molecular flexibility index (Phi) is 5.30. The highest BCUT2D eigenvalue weighted by Gasteiger charge is 2.22. The Morgan fingerprint density at radius 3 is 2.58 bits per heavy atom. The molecule has 0 saturated heterocycles. The number of para-hydroxylation sites is 1. The number of nitro groups is 1. The first-order chi connectivity index (χ1) is 11.3. The third-order valence-corrected chi connectivity index (χ3v) is 4.69. The topological polar surface area (TPSA) is 98.5 Å². The van der Waals surface area contributed by atoms with E-state index < -0.39 is 16.8 Å². The Labute approximate surface area is 142 Å². The summed E-state index contributed by atoms with van der Waals surface area (Å²) in [6.45, 7) is 3.61. The van der Waals surface area contributed by atoms with E-state index >= 15 is 0 Å². The number of ether oxygens (including phenoxy) is 1. The molecule has 1 aromatic carbocycles. The Balaban J connectivity index is 2.24. The van der Waals surface area contributed by atoms with Gasteiger partial charge < -0.3 is 10.1 Å². The van der Waals surface area contributed by atoms with Crippen molar-refractivity contribution in [1.29, 1.82) is 0 Å². The molecule has 2 aromatic rings. The number of methoxy groups -OCH3 is 1. The fraction of sp³-hybridized carbons (Fsp3) is 0.250. The van der Waals surface area contributed by atoms with Gasteiger partial charge in [-0.3, -0.25) is 14.9 Å². The zero-order chi connectivity index (χ0) is 17.9. The van der Waals surface area contributed by atoms with Crippen LogP contribution in [0, 0.1) is 24.0 Å². The van der Waals surface area contributed by atoms with E-state index in [0.29, 0.717) is 16.1 Å². The Morgan fingerprint density at radius 2 is 1.96 bits per heavy atom. The lowest BCUT2D eigenvalue weighted by molar-refractivity contribution is -0.385. The van der Waals surface area contributed by atoms with Gasteiger partial charge in [0.15, 0.2) is 0 Å². The number of nitro benzene ring substituents is 1. The average molecular weight is 348 g/mol. The van der Waals surface area contributed by atoms with Gasteiger partial charge in [-0.05, 0) is 19.4 Å². The van der Waals surface area contributed by atoms with Gasteiger partial charge in [0, 0.05) is 16.5 Å². The molecule has 0 aliphatic carbocycles. The lowest BCUT2D eigenvalue weighted by atomic mass is 10.1. The van der Waals surface area contributed by atoms with E-state index in [9.17, 15) is 19.7 Å². The number of nitrogens with one attached hydrogen (secondary N) is 1. The first kappa shape index (κ1) is 17.6. The van der Waals surface area contributed by atoms with E-state index in [-0.39, 0.29) is 12.1 Å². The van der Waals surface area contributed by atoms with E-state index in [1.165, 1.54) is 30.6 Å². The van der Waals surface area contributed by atoms with Crippen LogP contribution in [-0.4, -0.2) is 23.9 Å². The summed E-state index contributed by atoms with van der Waals surface area (Å²) in [5.74, 6) is -0.964. The number of carbonyl (C=O) groups excluding carboxylic acids is 2. The van der Waals surface area contributed by atoms with Crippen molar-refractivity contribution in [2.45, 2.75) is 20.3 Å². The fourth-order valence-corrected chi connectivity index (χ4v) is 3.31. The molecule has 0 spiro atoms. The maximum absolute atomic E-state index is 12.3. The minimum absolute atomic E-state index is 0.112. The molecule has 0 radical (unpaired) electrons. The number of nitrogens with zero attached hydrogens (tertiary/aromatic N) is 1. The van der Waals surface area contributed by atoms with Crippen LogP contribution in [0.5, 0.6) is 0 Å². The molecule has 0 aliphatic rings. The maximum atomic E-state index is 12.3. The number of esters is 1. The third kappa shape index (κ3) is 3.60. The van der Waals surface area contributed by atoms with Crippen molar-refractivity contribution in [2.24, 2.45) is 0 Å². The Bertz CT molecular complexity index is 813.